The highest BCUT2D eigenvalue weighted by molar-refractivity contribution is 5.96. The molecule has 1 aliphatic heterocycles. The number of hydrogen-bond donors (Lipinski definition) is 0. The summed E-state index contributed by atoms with van der Waals surface area (Å²) >= 11 is 0. The fourth-order valence-electron chi connectivity index (χ4n) is 2.70. The summed E-state index contributed by atoms with van der Waals surface area (Å²) in [5.41, 5.74) is 0. The summed E-state index contributed by atoms with van der Waals surface area (Å²) in [5.74, 6) is -0.124. The van der Waals surface area contributed by atoms with E-state index in [9.17, 15) is 9.59 Å². The van der Waals surface area contributed by atoms with Crippen LogP contribution in [-0.4, -0.2) is 17.9 Å². The van der Waals surface area contributed by atoms with Crippen molar-refractivity contribution in [3.8, 4) is 0 Å². The highest BCUT2D eigenvalue weighted by Crippen LogP contribution is 2.23. The summed E-state index contributed by atoms with van der Waals surface area (Å²) in [7, 11) is 0. The molecule has 0 amide bonds. The number of unbranched alkanes of at least 4 members (excludes halogenated alkanes) is 6. The highest BCUT2D eigenvalue weighted by Gasteiger charge is 2.28. The molecule has 110 valence electrons. The zero-order valence-corrected chi connectivity index (χ0v) is 12.5. The second-order valence-electron chi connectivity index (χ2n) is 5.84. The van der Waals surface area contributed by atoms with Gasteiger partial charge in [0.2, 0.25) is 0 Å². The molecule has 19 heavy (non-hydrogen) atoms. The molecule has 0 bridgehead atoms. The van der Waals surface area contributed by atoms with Crippen LogP contribution in [-0.2, 0) is 14.3 Å². The largest absolute Gasteiger partial charge is 0.462 e. The predicted octanol–water partition coefficient (Wildman–Crippen LogP) is 4.04. The van der Waals surface area contributed by atoms with Gasteiger partial charge < -0.3 is 4.74 Å². The number of esters is 1. The number of hydrogen-bond acceptors (Lipinski definition) is 3. The van der Waals surface area contributed by atoms with Crippen molar-refractivity contribution in [1.29, 1.82) is 0 Å². The minimum Gasteiger partial charge on any atom is -0.462 e. The Balaban J connectivity index is 2.16. The average Bonchev–Trinajstić information content (AvgIpc) is 2.46. The Kier molecular flexibility index (Phi) is 7.76. The number of carbonyl (C=O) groups excluding carboxylic acids is 2. The van der Waals surface area contributed by atoms with Crippen LogP contribution in [0, 0.1) is 5.92 Å². The number of ether oxygens (including phenoxy) is 1. The van der Waals surface area contributed by atoms with E-state index >= 15 is 0 Å². The normalized spacial score (nSPS) is 24.1. The van der Waals surface area contributed by atoms with E-state index in [1.54, 1.807) is 0 Å². The van der Waals surface area contributed by atoms with Crippen LogP contribution in [0.15, 0.2) is 0 Å². The molecule has 0 unspecified atom stereocenters. The Morgan fingerprint density at radius 2 is 1.68 bits per heavy atom. The lowest BCUT2D eigenvalue weighted by Crippen LogP contribution is -2.22. The summed E-state index contributed by atoms with van der Waals surface area (Å²) in [6, 6.07) is 0. The molecule has 1 saturated heterocycles. The Hall–Kier alpha value is -0.860. The maximum Gasteiger partial charge on any atom is 0.313 e. The minimum atomic E-state index is -0.331. The molecule has 1 aliphatic rings. The van der Waals surface area contributed by atoms with E-state index in [0.717, 1.165) is 12.8 Å². The van der Waals surface area contributed by atoms with Gasteiger partial charge in [-0.2, -0.15) is 0 Å². The van der Waals surface area contributed by atoms with Crippen molar-refractivity contribution in [2.45, 2.75) is 84.2 Å². The molecule has 1 fully saturated rings. The SMILES string of the molecule is CCCCCCCCC[C@@H]1OC(=O)CC(=O)C[C@H]1C. The first kappa shape index (κ1) is 16.2. The number of cyclic esters (lactones) is 1. The molecule has 0 spiro atoms. The highest BCUT2D eigenvalue weighted by atomic mass is 16.5. The fourth-order valence-corrected chi connectivity index (χ4v) is 2.70. The quantitative estimate of drug-likeness (QED) is 0.379. The van der Waals surface area contributed by atoms with Gasteiger partial charge in [-0.05, 0) is 12.8 Å². The zero-order chi connectivity index (χ0) is 14.1. The first-order chi connectivity index (χ1) is 9.13. The molecule has 1 heterocycles. The Morgan fingerprint density at radius 1 is 1.05 bits per heavy atom. The first-order valence-electron chi connectivity index (χ1n) is 7.84. The van der Waals surface area contributed by atoms with Gasteiger partial charge in [-0.25, -0.2) is 0 Å². The lowest BCUT2D eigenvalue weighted by atomic mass is 9.94. The van der Waals surface area contributed by atoms with Gasteiger partial charge in [0.25, 0.3) is 0 Å². The second kappa shape index (κ2) is 9.11. The molecule has 0 aliphatic carbocycles. The third-order valence-electron chi connectivity index (χ3n) is 3.90. The molecule has 3 nitrogen and oxygen atoms in total. The van der Waals surface area contributed by atoms with Gasteiger partial charge in [0.05, 0.1) is 0 Å². The number of rotatable bonds is 8. The van der Waals surface area contributed by atoms with Crippen molar-refractivity contribution in [2.75, 3.05) is 0 Å². The molecule has 0 saturated carbocycles. The fraction of sp³-hybridized carbons (Fsp3) is 0.875. The smallest absolute Gasteiger partial charge is 0.313 e. The molecular weight excluding hydrogens is 240 g/mol. The van der Waals surface area contributed by atoms with E-state index in [4.69, 9.17) is 4.74 Å². The van der Waals surface area contributed by atoms with Crippen LogP contribution in [0.5, 0.6) is 0 Å². The maximum atomic E-state index is 11.4. The van der Waals surface area contributed by atoms with E-state index in [1.165, 1.54) is 38.5 Å². The van der Waals surface area contributed by atoms with Crippen LogP contribution in [0.1, 0.15) is 78.1 Å². The third kappa shape index (κ3) is 6.74. The van der Waals surface area contributed by atoms with Crippen molar-refractivity contribution in [3.63, 3.8) is 0 Å². The van der Waals surface area contributed by atoms with Crippen LogP contribution in [0.2, 0.25) is 0 Å². The summed E-state index contributed by atoms with van der Waals surface area (Å²) in [6.07, 6.45) is 10.2. The molecular formula is C16H28O3. The van der Waals surface area contributed by atoms with Crippen LogP contribution >= 0.6 is 0 Å². The van der Waals surface area contributed by atoms with Gasteiger partial charge in [0.1, 0.15) is 18.3 Å². The van der Waals surface area contributed by atoms with Crippen molar-refractivity contribution in [1.82, 2.24) is 0 Å². The summed E-state index contributed by atoms with van der Waals surface area (Å²) in [5, 5.41) is 0. The number of Topliss-reactive ketones (excluding diaryl/α,β-unsaturated/α-hetero) is 1. The minimum absolute atomic E-state index is 0.0274. The Bertz CT molecular complexity index is 286. The van der Waals surface area contributed by atoms with Gasteiger partial charge in [0, 0.05) is 12.3 Å². The lowest BCUT2D eigenvalue weighted by Gasteiger charge is -2.20. The van der Waals surface area contributed by atoms with Gasteiger partial charge in [0.15, 0.2) is 0 Å². The van der Waals surface area contributed by atoms with Crippen molar-refractivity contribution in [2.24, 2.45) is 5.92 Å². The third-order valence-corrected chi connectivity index (χ3v) is 3.90. The van der Waals surface area contributed by atoms with Crippen molar-refractivity contribution in [3.05, 3.63) is 0 Å². The van der Waals surface area contributed by atoms with Crippen LogP contribution < -0.4 is 0 Å². The molecule has 1 rings (SSSR count). The predicted molar refractivity (Wildman–Crippen MR) is 75.9 cm³/mol. The Morgan fingerprint density at radius 3 is 2.37 bits per heavy atom. The molecule has 3 heteroatoms. The molecule has 0 aromatic heterocycles. The van der Waals surface area contributed by atoms with Crippen LogP contribution in [0.3, 0.4) is 0 Å². The zero-order valence-electron chi connectivity index (χ0n) is 12.5. The summed E-state index contributed by atoms with van der Waals surface area (Å²) < 4.78 is 5.38. The van der Waals surface area contributed by atoms with Gasteiger partial charge in [-0.1, -0.05) is 52.4 Å². The molecule has 0 N–H and O–H groups in total. The van der Waals surface area contributed by atoms with E-state index in [2.05, 4.69) is 6.92 Å². The molecule has 0 radical (unpaired) electrons. The molecule has 0 aromatic carbocycles. The summed E-state index contributed by atoms with van der Waals surface area (Å²) in [6.45, 7) is 4.24. The van der Waals surface area contributed by atoms with E-state index in [0.29, 0.717) is 6.42 Å². The average molecular weight is 268 g/mol. The lowest BCUT2D eigenvalue weighted by molar-refractivity contribution is -0.150. The van der Waals surface area contributed by atoms with E-state index in [1.807, 2.05) is 6.92 Å². The van der Waals surface area contributed by atoms with E-state index < -0.39 is 0 Å². The first-order valence-corrected chi connectivity index (χ1v) is 7.84. The maximum absolute atomic E-state index is 11.4. The van der Waals surface area contributed by atoms with Crippen LogP contribution in [0.25, 0.3) is 0 Å². The van der Waals surface area contributed by atoms with Crippen molar-refractivity contribution >= 4 is 11.8 Å². The Labute approximate surface area is 117 Å². The van der Waals surface area contributed by atoms with E-state index in [-0.39, 0.29) is 30.2 Å². The molecule has 2 atom stereocenters. The van der Waals surface area contributed by atoms with Gasteiger partial charge in [-0.3, -0.25) is 9.59 Å². The second-order valence-corrected chi connectivity index (χ2v) is 5.84. The van der Waals surface area contributed by atoms with Crippen LogP contribution in [0.4, 0.5) is 0 Å². The number of ketones is 1. The monoisotopic (exact) mass is 268 g/mol. The number of carbonyl (C=O) groups is 2. The molecule has 0 aromatic rings. The summed E-state index contributed by atoms with van der Waals surface area (Å²) in [4.78, 5) is 22.8. The topological polar surface area (TPSA) is 43.4 Å². The van der Waals surface area contributed by atoms with Gasteiger partial charge in [-0.15, -0.1) is 0 Å². The van der Waals surface area contributed by atoms with Crippen molar-refractivity contribution < 1.29 is 14.3 Å². The van der Waals surface area contributed by atoms with Gasteiger partial charge >= 0.3 is 5.97 Å². The standard InChI is InChI=1S/C16H28O3/c1-3-4-5-6-7-8-9-10-15-13(2)11-14(17)12-16(18)19-15/h13,15H,3-12H2,1-2H3/t13-,15+/m1/s1.